The first kappa shape index (κ1) is 9.81. The van der Waals surface area contributed by atoms with E-state index < -0.39 is 0 Å². The number of carbonyl (C=O) groups is 1. The first-order valence-electron chi connectivity index (χ1n) is 5.57. The number of likely N-dealkylation sites (tertiary alicyclic amines) is 1. The fourth-order valence-electron chi connectivity index (χ4n) is 2.45. The van der Waals surface area contributed by atoms with E-state index in [-0.39, 0.29) is 12.2 Å². The monoisotopic (exact) mass is 197 g/mol. The third-order valence-electron chi connectivity index (χ3n) is 3.45. The highest BCUT2D eigenvalue weighted by molar-refractivity contribution is 5.68. The fourth-order valence-corrected chi connectivity index (χ4v) is 2.45. The number of ether oxygens (including phenoxy) is 1. The quantitative estimate of drug-likeness (QED) is 0.646. The molecule has 14 heavy (non-hydrogen) atoms. The Bertz CT molecular complexity index is 233. The summed E-state index contributed by atoms with van der Waals surface area (Å²) in [6, 6.07) is 0. The molecule has 0 bridgehead atoms. The standard InChI is InChI=1S/C11H19NO2/c1-9(2)14-10(13)12-7-6-11(8-12)4-3-5-11/h9H,3-8H2,1-2H3. The lowest BCUT2D eigenvalue weighted by Crippen LogP contribution is -2.36. The topological polar surface area (TPSA) is 29.5 Å². The van der Waals surface area contributed by atoms with Crippen LogP contribution in [0.2, 0.25) is 0 Å². The van der Waals surface area contributed by atoms with Crippen molar-refractivity contribution < 1.29 is 9.53 Å². The first-order valence-corrected chi connectivity index (χ1v) is 5.57. The fraction of sp³-hybridized carbons (Fsp3) is 0.909. The summed E-state index contributed by atoms with van der Waals surface area (Å²) in [6.45, 7) is 5.62. The summed E-state index contributed by atoms with van der Waals surface area (Å²) in [6.07, 6.45) is 5.01. The second-order valence-electron chi connectivity index (χ2n) is 4.96. The Balaban J connectivity index is 1.85. The van der Waals surface area contributed by atoms with Gasteiger partial charge in [0.05, 0.1) is 6.10 Å². The highest BCUT2D eigenvalue weighted by Gasteiger charge is 2.44. The molecule has 1 heterocycles. The van der Waals surface area contributed by atoms with Gasteiger partial charge in [-0.3, -0.25) is 0 Å². The second kappa shape index (κ2) is 3.44. The molecule has 0 aromatic rings. The molecular formula is C11H19NO2. The zero-order valence-corrected chi connectivity index (χ0v) is 9.08. The molecule has 80 valence electrons. The summed E-state index contributed by atoms with van der Waals surface area (Å²) in [4.78, 5) is 13.5. The Labute approximate surface area is 85.4 Å². The SMILES string of the molecule is CC(C)OC(=O)N1CCC2(CCC2)C1. The van der Waals surface area contributed by atoms with Gasteiger partial charge in [0.15, 0.2) is 0 Å². The van der Waals surface area contributed by atoms with Crippen molar-refractivity contribution in [1.29, 1.82) is 0 Å². The summed E-state index contributed by atoms with van der Waals surface area (Å²) < 4.78 is 5.18. The lowest BCUT2D eigenvalue weighted by molar-refractivity contribution is 0.0726. The molecule has 1 saturated carbocycles. The number of nitrogens with zero attached hydrogens (tertiary/aromatic N) is 1. The highest BCUT2D eigenvalue weighted by atomic mass is 16.6. The molecule has 2 fully saturated rings. The number of hydrogen-bond acceptors (Lipinski definition) is 2. The van der Waals surface area contributed by atoms with Crippen molar-refractivity contribution in [3.05, 3.63) is 0 Å². The normalized spacial score (nSPS) is 24.1. The molecule has 0 radical (unpaired) electrons. The molecule has 1 saturated heterocycles. The molecule has 0 aromatic carbocycles. The molecule has 2 rings (SSSR count). The number of hydrogen-bond donors (Lipinski definition) is 0. The van der Waals surface area contributed by atoms with Crippen molar-refractivity contribution in [2.75, 3.05) is 13.1 Å². The lowest BCUT2D eigenvalue weighted by atomic mass is 9.68. The van der Waals surface area contributed by atoms with Gasteiger partial charge in [0.1, 0.15) is 0 Å². The minimum atomic E-state index is -0.122. The van der Waals surface area contributed by atoms with E-state index in [1.807, 2.05) is 18.7 Å². The number of amides is 1. The summed E-state index contributed by atoms with van der Waals surface area (Å²) in [5.41, 5.74) is 0.482. The van der Waals surface area contributed by atoms with Gasteiger partial charge in [-0.25, -0.2) is 4.79 Å². The zero-order valence-electron chi connectivity index (χ0n) is 9.08. The van der Waals surface area contributed by atoms with Crippen molar-refractivity contribution >= 4 is 6.09 Å². The molecule has 1 aliphatic heterocycles. The second-order valence-corrected chi connectivity index (χ2v) is 4.96. The summed E-state index contributed by atoms with van der Waals surface area (Å²) in [5.74, 6) is 0. The van der Waals surface area contributed by atoms with Gasteiger partial charge >= 0.3 is 6.09 Å². The van der Waals surface area contributed by atoms with Crippen molar-refractivity contribution in [3.63, 3.8) is 0 Å². The summed E-state index contributed by atoms with van der Waals surface area (Å²) in [5, 5.41) is 0. The Morgan fingerprint density at radius 2 is 2.07 bits per heavy atom. The van der Waals surface area contributed by atoms with Crippen LogP contribution < -0.4 is 0 Å². The van der Waals surface area contributed by atoms with Crippen LogP contribution in [0.5, 0.6) is 0 Å². The molecular weight excluding hydrogens is 178 g/mol. The van der Waals surface area contributed by atoms with Gasteiger partial charge in [-0.1, -0.05) is 6.42 Å². The predicted molar refractivity (Wildman–Crippen MR) is 54.1 cm³/mol. The van der Waals surface area contributed by atoms with Gasteiger partial charge in [0.2, 0.25) is 0 Å². The van der Waals surface area contributed by atoms with Gasteiger partial charge in [0.25, 0.3) is 0 Å². The Hall–Kier alpha value is -0.730. The number of rotatable bonds is 1. The van der Waals surface area contributed by atoms with Crippen molar-refractivity contribution in [3.8, 4) is 0 Å². The van der Waals surface area contributed by atoms with Gasteiger partial charge in [-0.15, -0.1) is 0 Å². The van der Waals surface area contributed by atoms with E-state index in [1.165, 1.54) is 25.7 Å². The third kappa shape index (κ3) is 1.72. The van der Waals surface area contributed by atoms with Gasteiger partial charge in [-0.05, 0) is 38.5 Å². The van der Waals surface area contributed by atoms with Gasteiger partial charge in [-0.2, -0.15) is 0 Å². The van der Waals surface area contributed by atoms with Gasteiger partial charge < -0.3 is 9.64 Å². The molecule has 3 heteroatoms. The molecule has 0 N–H and O–H groups in total. The van der Waals surface area contributed by atoms with E-state index in [9.17, 15) is 4.79 Å². The highest BCUT2D eigenvalue weighted by Crippen LogP contribution is 2.47. The van der Waals surface area contributed by atoms with Gasteiger partial charge in [0, 0.05) is 13.1 Å². The summed E-state index contributed by atoms with van der Waals surface area (Å²) >= 11 is 0. The van der Waals surface area contributed by atoms with E-state index in [2.05, 4.69) is 0 Å². The predicted octanol–water partition coefficient (Wildman–Crippen LogP) is 2.41. The van der Waals surface area contributed by atoms with Crippen LogP contribution in [0.15, 0.2) is 0 Å². The smallest absolute Gasteiger partial charge is 0.410 e. The maximum absolute atomic E-state index is 11.6. The van der Waals surface area contributed by atoms with Crippen LogP contribution in [0.1, 0.15) is 39.5 Å². The van der Waals surface area contributed by atoms with E-state index in [1.54, 1.807) is 0 Å². The Morgan fingerprint density at radius 1 is 1.36 bits per heavy atom. The largest absolute Gasteiger partial charge is 0.447 e. The van der Waals surface area contributed by atoms with Crippen LogP contribution in [-0.4, -0.2) is 30.2 Å². The molecule has 0 atom stereocenters. The molecule has 0 aromatic heterocycles. The van der Waals surface area contributed by atoms with Crippen LogP contribution in [0.4, 0.5) is 4.79 Å². The van der Waals surface area contributed by atoms with Crippen LogP contribution in [0.3, 0.4) is 0 Å². The average Bonchev–Trinajstić information content (AvgIpc) is 2.45. The van der Waals surface area contributed by atoms with Crippen LogP contribution in [0, 0.1) is 5.41 Å². The molecule has 0 unspecified atom stereocenters. The molecule has 1 amide bonds. The number of carbonyl (C=O) groups excluding carboxylic acids is 1. The molecule has 2 aliphatic rings. The minimum Gasteiger partial charge on any atom is -0.447 e. The van der Waals surface area contributed by atoms with Crippen LogP contribution in [0.25, 0.3) is 0 Å². The zero-order chi connectivity index (χ0) is 10.2. The van der Waals surface area contributed by atoms with Crippen molar-refractivity contribution in [1.82, 2.24) is 4.90 Å². The summed E-state index contributed by atoms with van der Waals surface area (Å²) in [7, 11) is 0. The average molecular weight is 197 g/mol. The van der Waals surface area contributed by atoms with E-state index >= 15 is 0 Å². The van der Waals surface area contributed by atoms with Crippen LogP contribution >= 0.6 is 0 Å². The Morgan fingerprint density at radius 3 is 2.50 bits per heavy atom. The van der Waals surface area contributed by atoms with Crippen molar-refractivity contribution in [2.24, 2.45) is 5.41 Å². The van der Waals surface area contributed by atoms with Crippen LogP contribution in [-0.2, 0) is 4.74 Å². The van der Waals surface area contributed by atoms with E-state index in [4.69, 9.17) is 4.74 Å². The third-order valence-corrected chi connectivity index (χ3v) is 3.45. The Kier molecular flexibility index (Phi) is 2.41. The molecule has 3 nitrogen and oxygen atoms in total. The van der Waals surface area contributed by atoms with E-state index in [0.29, 0.717) is 5.41 Å². The lowest BCUT2D eigenvalue weighted by Gasteiger charge is -2.37. The first-order chi connectivity index (χ1) is 6.61. The maximum atomic E-state index is 11.6. The maximum Gasteiger partial charge on any atom is 0.410 e. The molecule has 1 spiro atoms. The van der Waals surface area contributed by atoms with Crippen molar-refractivity contribution in [2.45, 2.75) is 45.6 Å². The molecule has 1 aliphatic carbocycles. The van der Waals surface area contributed by atoms with E-state index in [0.717, 1.165) is 13.1 Å². The minimum absolute atomic E-state index is 0.000408.